The number of thioether (sulfide) groups is 1. The van der Waals surface area contributed by atoms with Crippen LogP contribution in [0, 0.1) is 18.6 Å². The SMILES string of the molecule is Cc1cc(C2OCCc3nc(SCc4c(F)cccc4Cl)n(-c4ccc(F)cc4)c32)ccc1Cl. The molecule has 8 heteroatoms. The van der Waals surface area contributed by atoms with Gasteiger partial charge in [-0.1, -0.05) is 53.2 Å². The predicted molar refractivity (Wildman–Crippen MR) is 132 cm³/mol. The highest BCUT2D eigenvalue weighted by Gasteiger charge is 2.31. The summed E-state index contributed by atoms with van der Waals surface area (Å²) in [4.78, 5) is 4.90. The van der Waals surface area contributed by atoms with E-state index in [2.05, 4.69) is 0 Å². The van der Waals surface area contributed by atoms with Gasteiger partial charge in [-0.25, -0.2) is 13.8 Å². The lowest BCUT2D eigenvalue weighted by Crippen LogP contribution is -2.20. The molecule has 1 unspecified atom stereocenters. The summed E-state index contributed by atoms with van der Waals surface area (Å²) in [5.74, 6) is -0.387. The first kappa shape index (κ1) is 23.4. The fourth-order valence-corrected chi connectivity index (χ4v) is 5.59. The van der Waals surface area contributed by atoms with Gasteiger partial charge in [-0.15, -0.1) is 0 Å². The van der Waals surface area contributed by atoms with E-state index in [9.17, 15) is 8.78 Å². The lowest BCUT2D eigenvalue weighted by molar-refractivity contribution is 0.0648. The minimum atomic E-state index is -0.372. The summed E-state index contributed by atoms with van der Waals surface area (Å²) >= 11 is 13.9. The van der Waals surface area contributed by atoms with Crippen molar-refractivity contribution in [3.63, 3.8) is 0 Å². The molecule has 0 radical (unpaired) electrons. The Hall–Kier alpha value is -2.38. The van der Waals surface area contributed by atoms with Gasteiger partial charge in [0.15, 0.2) is 5.16 Å². The van der Waals surface area contributed by atoms with E-state index in [0.717, 1.165) is 28.2 Å². The van der Waals surface area contributed by atoms with E-state index in [4.69, 9.17) is 32.9 Å². The van der Waals surface area contributed by atoms with Crippen LogP contribution >= 0.6 is 35.0 Å². The number of aromatic nitrogens is 2. The van der Waals surface area contributed by atoms with Gasteiger partial charge in [0.05, 0.1) is 18.0 Å². The number of imidazole rings is 1. The minimum absolute atomic E-state index is 0.300. The molecule has 0 aliphatic carbocycles. The summed E-state index contributed by atoms with van der Waals surface area (Å²) in [6.07, 6.45) is 0.268. The van der Waals surface area contributed by atoms with Gasteiger partial charge in [0, 0.05) is 33.5 Å². The number of aryl methyl sites for hydroxylation is 1. The van der Waals surface area contributed by atoms with Crippen LogP contribution < -0.4 is 0 Å². The van der Waals surface area contributed by atoms with E-state index in [0.29, 0.717) is 39.5 Å². The van der Waals surface area contributed by atoms with Crippen LogP contribution in [0.4, 0.5) is 8.78 Å². The Kier molecular flexibility index (Phi) is 6.67. The van der Waals surface area contributed by atoms with E-state index in [1.807, 2.05) is 29.7 Å². The summed E-state index contributed by atoms with van der Waals surface area (Å²) in [5, 5.41) is 1.72. The third-order valence-corrected chi connectivity index (χ3v) is 7.55. The number of nitrogens with zero attached hydrogens (tertiary/aromatic N) is 2. The van der Waals surface area contributed by atoms with E-state index in [1.54, 1.807) is 24.3 Å². The molecular weight excluding hydrogens is 497 g/mol. The number of rotatable bonds is 5. The zero-order valence-corrected chi connectivity index (χ0v) is 20.5. The quantitative estimate of drug-likeness (QED) is 0.254. The number of halogens is 4. The Labute approximate surface area is 210 Å². The Balaban J connectivity index is 1.62. The second-order valence-corrected chi connectivity index (χ2v) is 9.79. The number of hydrogen-bond acceptors (Lipinski definition) is 3. The Morgan fingerprint density at radius 1 is 1.06 bits per heavy atom. The first-order valence-corrected chi connectivity index (χ1v) is 12.5. The molecule has 0 bridgehead atoms. The van der Waals surface area contributed by atoms with Gasteiger partial charge < -0.3 is 4.74 Å². The second kappa shape index (κ2) is 9.70. The maximum absolute atomic E-state index is 14.4. The maximum Gasteiger partial charge on any atom is 0.173 e. The van der Waals surface area contributed by atoms with Crippen molar-refractivity contribution < 1.29 is 13.5 Å². The summed E-state index contributed by atoms with van der Waals surface area (Å²) in [7, 11) is 0. The molecule has 0 saturated heterocycles. The van der Waals surface area contributed by atoms with Crippen LogP contribution in [-0.4, -0.2) is 16.2 Å². The molecule has 0 saturated carbocycles. The van der Waals surface area contributed by atoms with Gasteiger partial charge in [-0.2, -0.15) is 0 Å². The van der Waals surface area contributed by atoms with Crippen molar-refractivity contribution in [2.24, 2.45) is 0 Å². The normalized spacial score (nSPS) is 15.4. The maximum atomic E-state index is 14.4. The summed E-state index contributed by atoms with van der Waals surface area (Å²) in [6, 6.07) is 16.7. The number of benzene rings is 3. The molecule has 3 nitrogen and oxygen atoms in total. The average molecular weight is 517 g/mol. The van der Waals surface area contributed by atoms with Crippen molar-refractivity contribution in [3.05, 3.63) is 110 Å². The first-order valence-electron chi connectivity index (χ1n) is 10.7. The molecule has 5 rings (SSSR count). The van der Waals surface area contributed by atoms with Crippen LogP contribution in [0.2, 0.25) is 10.0 Å². The van der Waals surface area contributed by atoms with E-state index < -0.39 is 0 Å². The average Bonchev–Trinajstić information content (AvgIpc) is 3.19. The van der Waals surface area contributed by atoms with E-state index >= 15 is 0 Å². The van der Waals surface area contributed by atoms with Crippen molar-refractivity contribution in [3.8, 4) is 5.69 Å². The molecule has 0 amide bonds. The third-order valence-electron chi connectivity index (χ3n) is 5.81. The highest BCUT2D eigenvalue weighted by molar-refractivity contribution is 7.98. The summed E-state index contributed by atoms with van der Waals surface area (Å²) in [5.41, 5.74) is 4.85. The molecule has 174 valence electrons. The van der Waals surface area contributed by atoms with E-state index in [-0.39, 0.29) is 17.7 Å². The largest absolute Gasteiger partial charge is 0.367 e. The lowest BCUT2D eigenvalue weighted by Gasteiger charge is -2.26. The fourth-order valence-electron chi connectivity index (χ4n) is 4.09. The van der Waals surface area contributed by atoms with Crippen molar-refractivity contribution in [1.29, 1.82) is 0 Å². The van der Waals surface area contributed by atoms with Crippen molar-refractivity contribution in [2.45, 2.75) is 30.4 Å². The smallest absolute Gasteiger partial charge is 0.173 e. The topological polar surface area (TPSA) is 27.1 Å². The standard InChI is InChI=1S/C26H20Cl2F2N2OS/c1-15-13-16(5-10-20(15)27)25-24-23(11-12-33-25)31-26(32(24)18-8-6-17(29)7-9-18)34-14-19-21(28)3-2-4-22(19)30/h2-10,13,25H,11-12,14H2,1H3. The van der Waals surface area contributed by atoms with Gasteiger partial charge in [0.25, 0.3) is 0 Å². The third kappa shape index (κ3) is 4.48. The summed E-state index contributed by atoms with van der Waals surface area (Å²) in [6.45, 7) is 2.47. The van der Waals surface area contributed by atoms with Crippen molar-refractivity contribution in [1.82, 2.24) is 9.55 Å². The molecule has 2 heterocycles. The molecule has 34 heavy (non-hydrogen) atoms. The molecule has 0 fully saturated rings. The van der Waals surface area contributed by atoms with Crippen LogP contribution in [0.5, 0.6) is 0 Å². The number of fused-ring (bicyclic) bond motifs is 1. The van der Waals surface area contributed by atoms with Crippen LogP contribution in [0.1, 0.15) is 34.2 Å². The van der Waals surface area contributed by atoms with Gasteiger partial charge >= 0.3 is 0 Å². The minimum Gasteiger partial charge on any atom is -0.367 e. The molecule has 1 atom stereocenters. The molecule has 0 spiro atoms. The molecule has 1 aliphatic heterocycles. The Morgan fingerprint density at radius 2 is 1.85 bits per heavy atom. The number of ether oxygens (including phenoxy) is 1. The molecule has 1 aliphatic rings. The van der Waals surface area contributed by atoms with Gasteiger partial charge in [0.2, 0.25) is 0 Å². The van der Waals surface area contributed by atoms with Crippen LogP contribution in [0.3, 0.4) is 0 Å². The first-order chi connectivity index (χ1) is 16.4. The van der Waals surface area contributed by atoms with E-state index in [1.165, 1.54) is 30.0 Å². The van der Waals surface area contributed by atoms with Crippen LogP contribution in [0.25, 0.3) is 5.69 Å². The van der Waals surface area contributed by atoms with Gasteiger partial charge in [0.1, 0.15) is 17.7 Å². The van der Waals surface area contributed by atoms with Crippen LogP contribution in [-0.2, 0) is 16.9 Å². The summed E-state index contributed by atoms with van der Waals surface area (Å²) < 4.78 is 36.3. The molecule has 3 aromatic carbocycles. The monoisotopic (exact) mass is 516 g/mol. The van der Waals surface area contributed by atoms with Crippen molar-refractivity contribution in [2.75, 3.05) is 6.61 Å². The highest BCUT2D eigenvalue weighted by Crippen LogP contribution is 2.39. The van der Waals surface area contributed by atoms with Crippen LogP contribution in [0.15, 0.2) is 65.8 Å². The zero-order valence-electron chi connectivity index (χ0n) is 18.2. The predicted octanol–water partition coefficient (Wildman–Crippen LogP) is 7.72. The molecule has 4 aromatic rings. The second-order valence-electron chi connectivity index (χ2n) is 8.04. The fraction of sp³-hybridized carbons (Fsp3) is 0.192. The van der Waals surface area contributed by atoms with Gasteiger partial charge in [-0.3, -0.25) is 4.57 Å². The molecule has 1 aromatic heterocycles. The zero-order chi connectivity index (χ0) is 23.8. The Bertz CT molecular complexity index is 1340. The number of hydrogen-bond donors (Lipinski definition) is 0. The van der Waals surface area contributed by atoms with Gasteiger partial charge in [-0.05, 0) is 60.5 Å². The Morgan fingerprint density at radius 3 is 2.59 bits per heavy atom. The lowest BCUT2D eigenvalue weighted by atomic mass is 9.99. The molecular formula is C26H20Cl2F2N2OS. The highest BCUT2D eigenvalue weighted by atomic mass is 35.5. The van der Waals surface area contributed by atoms with Crippen molar-refractivity contribution >= 4 is 35.0 Å². The molecule has 0 N–H and O–H groups in total.